The normalized spacial score (nSPS) is 15.3. The average molecular weight is 473 g/mol. The van der Waals surface area contributed by atoms with Crippen molar-refractivity contribution in [2.75, 3.05) is 11.9 Å². The lowest BCUT2D eigenvalue weighted by molar-refractivity contribution is -0.139. The van der Waals surface area contributed by atoms with Crippen molar-refractivity contribution in [2.24, 2.45) is 0 Å². The zero-order valence-corrected chi connectivity index (χ0v) is 17.9. The van der Waals surface area contributed by atoms with Gasteiger partial charge in [-0.05, 0) is 31.5 Å². The Morgan fingerprint density at radius 1 is 1.38 bits per heavy atom. The molecule has 1 unspecified atom stereocenters. The van der Waals surface area contributed by atoms with E-state index in [2.05, 4.69) is 15.3 Å². The van der Waals surface area contributed by atoms with E-state index in [1.54, 1.807) is 6.92 Å². The lowest BCUT2D eigenvalue weighted by atomic mass is 10.1. The van der Waals surface area contributed by atoms with Gasteiger partial charge < -0.3 is 20.1 Å². The maximum absolute atomic E-state index is 12.9. The summed E-state index contributed by atoms with van der Waals surface area (Å²) >= 11 is 6.11. The number of carbonyl (C=O) groups is 2. The molecule has 3 heterocycles. The van der Waals surface area contributed by atoms with Gasteiger partial charge in [-0.1, -0.05) is 11.6 Å². The van der Waals surface area contributed by atoms with Crippen LogP contribution in [0, 0.1) is 0 Å². The summed E-state index contributed by atoms with van der Waals surface area (Å²) < 4.78 is 41.8. The third kappa shape index (κ3) is 5.28. The molecule has 0 fully saturated rings. The summed E-state index contributed by atoms with van der Waals surface area (Å²) in [5, 5.41) is 11.9. The largest absolute Gasteiger partial charge is 0.476 e. The Morgan fingerprint density at radius 2 is 2.09 bits per heavy atom. The van der Waals surface area contributed by atoms with Crippen molar-refractivity contribution in [3.63, 3.8) is 0 Å². The number of aromatic nitrogens is 2. The summed E-state index contributed by atoms with van der Waals surface area (Å²) in [6, 6.07) is 2.52. The highest BCUT2D eigenvalue weighted by Crippen LogP contribution is 2.35. The molecule has 2 aromatic rings. The van der Waals surface area contributed by atoms with Crippen molar-refractivity contribution in [3.8, 4) is 5.88 Å². The molecule has 172 valence electrons. The highest BCUT2D eigenvalue weighted by atomic mass is 35.5. The molecule has 2 amide bonds. The number of pyridine rings is 2. The van der Waals surface area contributed by atoms with E-state index < -0.39 is 37.3 Å². The van der Waals surface area contributed by atoms with Gasteiger partial charge in [0.2, 0.25) is 5.88 Å². The maximum Gasteiger partial charge on any atom is 0.392 e. The lowest BCUT2D eigenvalue weighted by Crippen LogP contribution is -2.27. The predicted octanol–water partition coefficient (Wildman–Crippen LogP) is 3.50. The van der Waals surface area contributed by atoms with Gasteiger partial charge in [0, 0.05) is 23.5 Å². The second kappa shape index (κ2) is 9.29. The zero-order chi connectivity index (χ0) is 23.6. The molecular formula is C20H20ClF3N4O4. The average Bonchev–Trinajstić information content (AvgIpc) is 3.05. The minimum Gasteiger partial charge on any atom is -0.476 e. The van der Waals surface area contributed by atoms with Gasteiger partial charge >= 0.3 is 6.18 Å². The topological polar surface area (TPSA) is 105 Å². The van der Waals surface area contributed by atoms with Crippen LogP contribution in [0.15, 0.2) is 24.5 Å². The van der Waals surface area contributed by atoms with E-state index in [-0.39, 0.29) is 29.2 Å². The second-order valence-electron chi connectivity index (χ2n) is 7.23. The van der Waals surface area contributed by atoms with Crippen LogP contribution < -0.4 is 10.1 Å². The number of amides is 2. The van der Waals surface area contributed by atoms with Gasteiger partial charge in [0.1, 0.15) is 16.9 Å². The molecule has 2 N–H and O–H groups in total. The molecule has 0 saturated carbocycles. The molecule has 0 spiro atoms. The van der Waals surface area contributed by atoms with Gasteiger partial charge in [-0.2, -0.15) is 13.2 Å². The fourth-order valence-corrected chi connectivity index (χ4v) is 3.34. The molecule has 0 aromatic carbocycles. The molecule has 0 saturated heterocycles. The number of carbonyl (C=O) groups excluding carboxylic acids is 2. The molecule has 0 radical (unpaired) electrons. The zero-order valence-electron chi connectivity index (χ0n) is 17.1. The van der Waals surface area contributed by atoms with Gasteiger partial charge in [-0.15, -0.1) is 0 Å². The Kier molecular flexibility index (Phi) is 6.89. The highest BCUT2D eigenvalue weighted by molar-refractivity contribution is 6.31. The van der Waals surface area contributed by atoms with Crippen molar-refractivity contribution in [1.29, 1.82) is 0 Å². The number of alkyl halides is 3. The molecule has 1 aliphatic heterocycles. The van der Waals surface area contributed by atoms with Gasteiger partial charge in [-0.3, -0.25) is 9.59 Å². The molecule has 12 heteroatoms. The smallest absolute Gasteiger partial charge is 0.392 e. The number of hydrogen-bond acceptors (Lipinski definition) is 6. The summed E-state index contributed by atoms with van der Waals surface area (Å²) in [4.78, 5) is 34.3. The van der Waals surface area contributed by atoms with E-state index in [1.165, 1.54) is 36.4 Å². The number of aliphatic hydroxyl groups is 1. The van der Waals surface area contributed by atoms with Crippen LogP contribution in [0.3, 0.4) is 0 Å². The third-order valence-electron chi connectivity index (χ3n) is 4.90. The molecule has 2 aromatic heterocycles. The summed E-state index contributed by atoms with van der Waals surface area (Å²) in [6.45, 7) is 2.58. The molecule has 0 bridgehead atoms. The quantitative estimate of drug-likeness (QED) is 0.639. The van der Waals surface area contributed by atoms with E-state index in [1.807, 2.05) is 0 Å². The molecule has 2 atom stereocenters. The summed E-state index contributed by atoms with van der Waals surface area (Å²) in [5.74, 6) is -0.901. The lowest BCUT2D eigenvalue weighted by Gasteiger charge is -2.25. The third-order valence-corrected chi connectivity index (χ3v) is 5.17. The van der Waals surface area contributed by atoms with Crippen LogP contribution in [0.5, 0.6) is 5.88 Å². The molecular weight excluding hydrogens is 453 g/mol. The van der Waals surface area contributed by atoms with Crippen LogP contribution in [-0.2, 0) is 11.3 Å². The Balaban J connectivity index is 1.75. The van der Waals surface area contributed by atoms with Gasteiger partial charge in [0.15, 0.2) is 0 Å². The van der Waals surface area contributed by atoms with E-state index >= 15 is 0 Å². The molecule has 3 rings (SSSR count). The summed E-state index contributed by atoms with van der Waals surface area (Å²) in [7, 11) is 0. The first-order valence-corrected chi connectivity index (χ1v) is 9.98. The van der Waals surface area contributed by atoms with Crippen LogP contribution in [-0.4, -0.2) is 50.7 Å². The Morgan fingerprint density at radius 3 is 2.72 bits per heavy atom. The van der Waals surface area contributed by atoms with E-state index in [9.17, 15) is 27.9 Å². The van der Waals surface area contributed by atoms with Crippen molar-refractivity contribution >= 4 is 29.2 Å². The number of nitrogens with one attached hydrogen (secondary N) is 1. The van der Waals surface area contributed by atoms with Crippen molar-refractivity contribution in [1.82, 2.24) is 14.9 Å². The van der Waals surface area contributed by atoms with Gasteiger partial charge in [0.05, 0.1) is 25.6 Å². The van der Waals surface area contributed by atoms with E-state index in [0.717, 1.165) is 0 Å². The molecule has 8 nitrogen and oxygen atoms in total. The second-order valence-corrected chi connectivity index (χ2v) is 7.64. The van der Waals surface area contributed by atoms with Crippen molar-refractivity contribution in [3.05, 3.63) is 46.2 Å². The summed E-state index contributed by atoms with van der Waals surface area (Å²) in [6.07, 6.45) is -3.97. The van der Waals surface area contributed by atoms with Gasteiger partial charge in [-0.25, -0.2) is 9.97 Å². The molecule has 0 aliphatic carbocycles. The standard InChI is InChI=1S/C20H20ClF3N4O4/c1-10(12-7-15(21)18(26-8-12)32-6-4-20(22,23)24)28-9-14-13(19(28)31)3-5-25-16(14)27-17(30)11(2)29/h3,5,7-8,10-11,29H,4,6,9H2,1-2H3,(H,25,27,30)/t10?,11-/m1/s1. The minimum atomic E-state index is -4.35. The number of rotatable bonds is 7. The first-order chi connectivity index (χ1) is 15.0. The van der Waals surface area contributed by atoms with E-state index in [4.69, 9.17) is 16.3 Å². The minimum absolute atomic E-state index is 0.0206. The number of aliphatic hydroxyl groups excluding tert-OH is 1. The predicted molar refractivity (Wildman–Crippen MR) is 108 cm³/mol. The number of nitrogens with zero attached hydrogens (tertiary/aromatic N) is 3. The summed E-state index contributed by atoms with van der Waals surface area (Å²) in [5.41, 5.74) is 1.41. The van der Waals surface area contributed by atoms with Crippen LogP contribution in [0.25, 0.3) is 0 Å². The van der Waals surface area contributed by atoms with Crippen LogP contribution in [0.1, 0.15) is 47.8 Å². The van der Waals surface area contributed by atoms with Crippen molar-refractivity contribution < 1.29 is 32.6 Å². The number of anilines is 1. The first-order valence-electron chi connectivity index (χ1n) is 9.60. The molecule has 1 aliphatic rings. The van der Waals surface area contributed by atoms with Crippen molar-refractivity contribution in [2.45, 2.75) is 45.1 Å². The Labute approximate surface area is 186 Å². The number of halogens is 4. The maximum atomic E-state index is 12.9. The van der Waals surface area contributed by atoms with Crippen LogP contribution >= 0.6 is 11.6 Å². The Bertz CT molecular complexity index is 1030. The number of ether oxygens (including phenoxy) is 1. The fraction of sp³-hybridized carbons (Fsp3) is 0.400. The number of fused-ring (bicyclic) bond motifs is 1. The van der Waals surface area contributed by atoms with E-state index in [0.29, 0.717) is 16.7 Å². The SMILES string of the molecule is CC(c1cnc(OCCC(F)(F)F)c(Cl)c1)N1Cc2c(ccnc2NC(=O)[C@@H](C)O)C1=O. The first kappa shape index (κ1) is 23.7. The van der Waals surface area contributed by atoms with Crippen LogP contribution in [0.4, 0.5) is 19.0 Å². The molecule has 32 heavy (non-hydrogen) atoms. The van der Waals surface area contributed by atoms with Gasteiger partial charge in [0.25, 0.3) is 11.8 Å². The Hall–Kier alpha value is -2.92. The monoisotopic (exact) mass is 472 g/mol. The van der Waals surface area contributed by atoms with Crippen LogP contribution in [0.2, 0.25) is 5.02 Å². The highest BCUT2D eigenvalue weighted by Gasteiger charge is 2.34. The fourth-order valence-electron chi connectivity index (χ4n) is 3.11. The number of hydrogen-bond donors (Lipinski definition) is 2.